The fourth-order valence-electron chi connectivity index (χ4n) is 4.29. The van der Waals surface area contributed by atoms with Gasteiger partial charge in [0.25, 0.3) is 5.91 Å². The number of nitrogens with one attached hydrogen (secondary N) is 1. The minimum atomic E-state index is -0.863. The molecule has 32 heavy (non-hydrogen) atoms. The number of benzene rings is 2. The Hall–Kier alpha value is -3.26. The van der Waals surface area contributed by atoms with Crippen molar-refractivity contribution in [1.82, 2.24) is 10.2 Å². The molecule has 0 unspecified atom stereocenters. The van der Waals surface area contributed by atoms with Crippen LogP contribution in [0.4, 0.5) is 16.2 Å². The highest BCUT2D eigenvalue weighted by Gasteiger charge is 2.27. The van der Waals surface area contributed by atoms with E-state index in [9.17, 15) is 9.59 Å². The number of anilines is 2. The Kier molecular flexibility index (Phi) is 6.80. The largest absolute Gasteiger partial charge is 0.490 e. The molecule has 2 aliphatic heterocycles. The Balaban J connectivity index is 1.42. The van der Waals surface area contributed by atoms with Gasteiger partial charge in [0.05, 0.1) is 6.61 Å². The number of piperidine rings is 1. The lowest BCUT2D eigenvalue weighted by molar-refractivity contribution is 0.0889. The summed E-state index contributed by atoms with van der Waals surface area (Å²) in [4.78, 5) is 27.0. The van der Waals surface area contributed by atoms with Crippen LogP contribution in [-0.4, -0.2) is 68.0 Å². The van der Waals surface area contributed by atoms with Crippen LogP contribution in [0, 0.1) is 0 Å². The summed E-state index contributed by atoms with van der Waals surface area (Å²) < 4.78 is 11.3. The first-order chi connectivity index (χ1) is 15.6. The van der Waals surface area contributed by atoms with Gasteiger partial charge in [0, 0.05) is 68.6 Å². The number of ether oxygens (including phenoxy) is 2. The maximum atomic E-state index is 12.2. The van der Waals surface area contributed by atoms with E-state index in [2.05, 4.69) is 16.3 Å². The number of fused-ring (bicyclic) bond motifs is 1. The van der Waals surface area contributed by atoms with Gasteiger partial charge in [-0.15, -0.1) is 0 Å². The van der Waals surface area contributed by atoms with Crippen molar-refractivity contribution < 1.29 is 24.2 Å². The van der Waals surface area contributed by atoms with Gasteiger partial charge in [-0.3, -0.25) is 4.79 Å². The molecule has 1 fully saturated rings. The topological polar surface area (TPSA) is 91.3 Å². The van der Waals surface area contributed by atoms with Crippen molar-refractivity contribution >= 4 is 23.4 Å². The van der Waals surface area contributed by atoms with Gasteiger partial charge in [-0.1, -0.05) is 6.07 Å². The van der Waals surface area contributed by atoms with Crippen molar-refractivity contribution in [1.29, 1.82) is 0 Å². The zero-order valence-electron chi connectivity index (χ0n) is 18.3. The minimum absolute atomic E-state index is 0.0297. The highest BCUT2D eigenvalue weighted by atomic mass is 16.5. The number of nitrogens with zero attached hydrogens (tertiary/aromatic N) is 2. The van der Waals surface area contributed by atoms with E-state index in [0.29, 0.717) is 44.6 Å². The lowest BCUT2D eigenvalue weighted by Gasteiger charge is -2.30. The average molecular weight is 440 g/mol. The molecule has 170 valence electrons. The summed E-state index contributed by atoms with van der Waals surface area (Å²) >= 11 is 0. The summed E-state index contributed by atoms with van der Waals surface area (Å²) in [6, 6.07) is 13.7. The van der Waals surface area contributed by atoms with E-state index >= 15 is 0 Å². The van der Waals surface area contributed by atoms with E-state index in [1.54, 1.807) is 7.11 Å². The van der Waals surface area contributed by atoms with Crippen LogP contribution in [0.3, 0.4) is 0 Å². The molecule has 2 aromatic carbocycles. The van der Waals surface area contributed by atoms with E-state index in [0.717, 1.165) is 30.1 Å². The molecule has 0 atom stereocenters. The third-order valence-electron chi connectivity index (χ3n) is 6.02. The Morgan fingerprint density at radius 1 is 1.09 bits per heavy atom. The first-order valence-corrected chi connectivity index (χ1v) is 11.0. The molecule has 2 aromatic rings. The fraction of sp³-hybridized carbons (Fsp3) is 0.417. The van der Waals surface area contributed by atoms with Crippen LogP contribution in [0.15, 0.2) is 42.5 Å². The molecule has 2 amide bonds. The lowest BCUT2D eigenvalue weighted by Crippen LogP contribution is -2.41. The summed E-state index contributed by atoms with van der Waals surface area (Å²) in [6.07, 6.45) is 1.44. The summed E-state index contributed by atoms with van der Waals surface area (Å²) in [5.74, 6) is 0.771. The fourth-order valence-corrected chi connectivity index (χ4v) is 4.29. The van der Waals surface area contributed by atoms with E-state index < -0.39 is 6.09 Å². The first-order valence-electron chi connectivity index (χ1n) is 11.0. The number of amides is 2. The smallest absolute Gasteiger partial charge is 0.407 e. The number of carbonyl (C=O) groups is 2. The predicted octanol–water partition coefficient (Wildman–Crippen LogP) is 3.28. The van der Waals surface area contributed by atoms with Gasteiger partial charge >= 0.3 is 6.09 Å². The summed E-state index contributed by atoms with van der Waals surface area (Å²) in [6.45, 7) is 2.82. The molecule has 0 saturated carbocycles. The second kappa shape index (κ2) is 9.91. The molecule has 2 N–H and O–H groups in total. The number of methoxy groups -OCH3 is 1. The Morgan fingerprint density at radius 2 is 1.84 bits per heavy atom. The zero-order chi connectivity index (χ0) is 22.5. The molecule has 4 rings (SSSR count). The molecular formula is C24H29N3O5. The van der Waals surface area contributed by atoms with Gasteiger partial charge in [-0.25, -0.2) is 4.79 Å². The van der Waals surface area contributed by atoms with Gasteiger partial charge in [-0.2, -0.15) is 0 Å². The Bertz CT molecular complexity index is 955. The molecular weight excluding hydrogens is 410 g/mol. The van der Waals surface area contributed by atoms with Crippen molar-refractivity contribution in [3.63, 3.8) is 0 Å². The standard InChI is InChI=1S/C24H29N3O5/c1-31-16-12-25-23(28)17-5-7-18(8-6-17)27-15-11-20-21(27)3-2-4-22(20)32-19-9-13-26(14-10-19)24(29)30/h2-8,19H,9-16H2,1H3,(H,25,28)(H,29,30). The number of likely N-dealkylation sites (tertiary alicyclic amines) is 1. The molecule has 0 spiro atoms. The maximum Gasteiger partial charge on any atom is 0.407 e. The first kappa shape index (κ1) is 22.0. The highest BCUT2D eigenvalue weighted by Crippen LogP contribution is 2.40. The average Bonchev–Trinajstić information content (AvgIpc) is 3.25. The van der Waals surface area contributed by atoms with E-state index in [4.69, 9.17) is 14.6 Å². The minimum Gasteiger partial charge on any atom is -0.490 e. The summed E-state index contributed by atoms with van der Waals surface area (Å²) in [5.41, 5.74) is 3.94. The monoisotopic (exact) mass is 439 g/mol. The van der Waals surface area contributed by atoms with Gasteiger partial charge in [-0.05, 0) is 42.8 Å². The van der Waals surface area contributed by atoms with Gasteiger partial charge < -0.3 is 29.7 Å². The van der Waals surface area contributed by atoms with Crippen molar-refractivity contribution in [2.24, 2.45) is 0 Å². The number of rotatable bonds is 7. The van der Waals surface area contributed by atoms with E-state index in [-0.39, 0.29) is 12.0 Å². The Labute approximate surface area is 187 Å². The predicted molar refractivity (Wildman–Crippen MR) is 121 cm³/mol. The van der Waals surface area contributed by atoms with Gasteiger partial charge in [0.1, 0.15) is 11.9 Å². The molecule has 2 aliphatic rings. The third kappa shape index (κ3) is 4.80. The lowest BCUT2D eigenvalue weighted by atomic mass is 10.1. The number of carboxylic acid groups (broad SMARTS) is 1. The third-order valence-corrected chi connectivity index (χ3v) is 6.02. The van der Waals surface area contributed by atoms with Crippen molar-refractivity contribution in [2.45, 2.75) is 25.4 Å². The van der Waals surface area contributed by atoms with Crippen LogP contribution in [0.2, 0.25) is 0 Å². The Morgan fingerprint density at radius 3 is 2.53 bits per heavy atom. The van der Waals surface area contributed by atoms with Gasteiger partial charge in [0.15, 0.2) is 0 Å². The number of carbonyl (C=O) groups excluding carboxylic acids is 1. The van der Waals surface area contributed by atoms with Crippen LogP contribution in [0.1, 0.15) is 28.8 Å². The van der Waals surface area contributed by atoms with Crippen LogP contribution in [0.5, 0.6) is 5.75 Å². The number of hydrogen-bond donors (Lipinski definition) is 2. The second-order valence-corrected chi connectivity index (χ2v) is 8.04. The highest BCUT2D eigenvalue weighted by molar-refractivity contribution is 5.94. The summed E-state index contributed by atoms with van der Waals surface area (Å²) in [7, 11) is 1.60. The van der Waals surface area contributed by atoms with Crippen LogP contribution < -0.4 is 15.0 Å². The maximum absolute atomic E-state index is 12.2. The van der Waals surface area contributed by atoms with Crippen molar-refractivity contribution in [2.75, 3.05) is 44.8 Å². The molecule has 0 aromatic heterocycles. The van der Waals surface area contributed by atoms with Gasteiger partial charge in [0.2, 0.25) is 0 Å². The van der Waals surface area contributed by atoms with Crippen LogP contribution in [-0.2, 0) is 11.2 Å². The molecule has 1 saturated heterocycles. The van der Waals surface area contributed by atoms with E-state index in [1.165, 1.54) is 10.5 Å². The molecule has 8 nitrogen and oxygen atoms in total. The molecule has 0 bridgehead atoms. The van der Waals surface area contributed by atoms with Crippen molar-refractivity contribution in [3.05, 3.63) is 53.6 Å². The number of hydrogen-bond acceptors (Lipinski definition) is 5. The summed E-state index contributed by atoms with van der Waals surface area (Å²) in [5, 5.41) is 12.0. The molecule has 0 radical (unpaired) electrons. The normalized spacial score (nSPS) is 16.0. The van der Waals surface area contributed by atoms with E-state index in [1.807, 2.05) is 36.4 Å². The quantitative estimate of drug-likeness (QED) is 0.644. The zero-order valence-corrected chi connectivity index (χ0v) is 18.3. The molecule has 0 aliphatic carbocycles. The second-order valence-electron chi connectivity index (χ2n) is 8.04. The van der Waals surface area contributed by atoms with Crippen LogP contribution in [0.25, 0.3) is 0 Å². The van der Waals surface area contributed by atoms with Crippen LogP contribution >= 0.6 is 0 Å². The molecule has 2 heterocycles. The van der Waals surface area contributed by atoms with Crippen molar-refractivity contribution in [3.8, 4) is 5.75 Å². The molecule has 8 heteroatoms. The SMILES string of the molecule is COCCNC(=O)c1ccc(N2CCc3c(OC4CCN(C(=O)O)CC4)cccc32)cc1.